The summed E-state index contributed by atoms with van der Waals surface area (Å²) in [6.07, 6.45) is -4.74. The van der Waals surface area contributed by atoms with Crippen molar-refractivity contribution < 1.29 is 23.0 Å². The van der Waals surface area contributed by atoms with Gasteiger partial charge in [-0.25, -0.2) is 0 Å². The minimum Gasteiger partial charge on any atom is -0.507 e. The van der Waals surface area contributed by atoms with E-state index in [9.17, 15) is 18.3 Å². The molecule has 0 saturated carbocycles. The Labute approximate surface area is 88.9 Å². The van der Waals surface area contributed by atoms with E-state index in [4.69, 9.17) is 0 Å². The Kier molecular flexibility index (Phi) is 2.38. The Morgan fingerprint density at radius 3 is 2.25 bits per heavy atom. The smallest absolute Gasteiger partial charge is 0.507 e. The molecule has 0 unspecified atom stereocenters. The summed E-state index contributed by atoms with van der Waals surface area (Å²) >= 11 is 0. The summed E-state index contributed by atoms with van der Waals surface area (Å²) in [6.45, 7) is 0. The van der Waals surface area contributed by atoms with Gasteiger partial charge in [0.15, 0.2) is 0 Å². The van der Waals surface area contributed by atoms with E-state index in [0.29, 0.717) is 5.39 Å². The molecular weight excluding hydrogens is 221 g/mol. The van der Waals surface area contributed by atoms with Crippen LogP contribution in [-0.4, -0.2) is 11.5 Å². The molecule has 0 aliphatic carbocycles. The van der Waals surface area contributed by atoms with Crippen LogP contribution in [0.2, 0.25) is 0 Å². The summed E-state index contributed by atoms with van der Waals surface area (Å²) in [5.41, 5.74) is 0. The van der Waals surface area contributed by atoms with Gasteiger partial charge in [0.2, 0.25) is 0 Å². The molecule has 2 aromatic carbocycles. The SMILES string of the molecule is Oc1cccc2c(OC(F)(F)F)cccc12. The zero-order valence-corrected chi connectivity index (χ0v) is 7.95. The monoisotopic (exact) mass is 228 g/mol. The molecule has 0 heterocycles. The van der Waals surface area contributed by atoms with Gasteiger partial charge in [0.1, 0.15) is 11.5 Å². The molecule has 0 aliphatic rings. The van der Waals surface area contributed by atoms with Crippen molar-refractivity contribution >= 4 is 10.8 Å². The van der Waals surface area contributed by atoms with Crippen LogP contribution in [0.3, 0.4) is 0 Å². The first-order valence-electron chi connectivity index (χ1n) is 4.44. The van der Waals surface area contributed by atoms with E-state index in [1.165, 1.54) is 36.4 Å². The second-order valence-electron chi connectivity index (χ2n) is 3.18. The van der Waals surface area contributed by atoms with Gasteiger partial charge in [0.25, 0.3) is 0 Å². The summed E-state index contributed by atoms with van der Waals surface area (Å²) in [6, 6.07) is 8.43. The van der Waals surface area contributed by atoms with Crippen molar-refractivity contribution in [2.45, 2.75) is 6.36 Å². The predicted octanol–water partition coefficient (Wildman–Crippen LogP) is 3.44. The lowest BCUT2D eigenvalue weighted by atomic mass is 10.1. The van der Waals surface area contributed by atoms with Gasteiger partial charge < -0.3 is 9.84 Å². The van der Waals surface area contributed by atoms with Crippen molar-refractivity contribution in [3.63, 3.8) is 0 Å². The van der Waals surface area contributed by atoms with E-state index in [2.05, 4.69) is 4.74 Å². The number of phenolic OH excluding ortho intramolecular Hbond substituents is 1. The molecule has 0 aliphatic heterocycles. The Hall–Kier alpha value is -1.91. The van der Waals surface area contributed by atoms with Crippen molar-refractivity contribution in [1.82, 2.24) is 0 Å². The van der Waals surface area contributed by atoms with Gasteiger partial charge in [-0.2, -0.15) is 0 Å². The Bertz CT molecular complexity index is 520. The highest BCUT2D eigenvalue weighted by Gasteiger charge is 2.31. The third-order valence-electron chi connectivity index (χ3n) is 2.08. The summed E-state index contributed by atoms with van der Waals surface area (Å²) in [7, 11) is 0. The highest BCUT2D eigenvalue weighted by atomic mass is 19.4. The van der Waals surface area contributed by atoms with Gasteiger partial charge in [-0.05, 0) is 12.1 Å². The molecule has 0 radical (unpaired) electrons. The molecule has 16 heavy (non-hydrogen) atoms. The first kappa shape index (κ1) is 10.6. The topological polar surface area (TPSA) is 29.5 Å². The number of hydrogen-bond donors (Lipinski definition) is 1. The van der Waals surface area contributed by atoms with Gasteiger partial charge in [-0.1, -0.05) is 24.3 Å². The van der Waals surface area contributed by atoms with Crippen LogP contribution < -0.4 is 4.74 Å². The quantitative estimate of drug-likeness (QED) is 0.810. The summed E-state index contributed by atoms with van der Waals surface area (Å²) in [5.74, 6) is -0.397. The molecule has 1 N–H and O–H groups in total. The van der Waals surface area contributed by atoms with Gasteiger partial charge in [-0.15, -0.1) is 13.2 Å². The number of alkyl halides is 3. The normalized spacial score (nSPS) is 11.7. The second-order valence-corrected chi connectivity index (χ2v) is 3.18. The van der Waals surface area contributed by atoms with Crippen LogP contribution in [0.4, 0.5) is 13.2 Å². The van der Waals surface area contributed by atoms with Crippen molar-refractivity contribution in [2.24, 2.45) is 0 Å². The van der Waals surface area contributed by atoms with Gasteiger partial charge in [-0.3, -0.25) is 0 Å². The average Bonchev–Trinajstić information content (AvgIpc) is 2.17. The largest absolute Gasteiger partial charge is 0.573 e. The molecule has 2 aromatic rings. The van der Waals surface area contributed by atoms with E-state index in [1.807, 2.05) is 0 Å². The van der Waals surface area contributed by atoms with Gasteiger partial charge in [0.05, 0.1) is 0 Å². The fourth-order valence-electron chi connectivity index (χ4n) is 1.48. The number of hydrogen-bond acceptors (Lipinski definition) is 2. The van der Waals surface area contributed by atoms with Crippen LogP contribution in [0.5, 0.6) is 11.5 Å². The lowest BCUT2D eigenvalue weighted by Crippen LogP contribution is -2.17. The minimum atomic E-state index is -4.74. The second kappa shape index (κ2) is 3.59. The highest BCUT2D eigenvalue weighted by molar-refractivity contribution is 5.92. The summed E-state index contributed by atoms with van der Waals surface area (Å²) < 4.78 is 40.1. The molecule has 0 fully saturated rings. The van der Waals surface area contributed by atoms with Crippen LogP contribution >= 0.6 is 0 Å². The number of rotatable bonds is 1. The average molecular weight is 228 g/mol. The van der Waals surface area contributed by atoms with Crippen molar-refractivity contribution in [2.75, 3.05) is 0 Å². The van der Waals surface area contributed by atoms with E-state index in [0.717, 1.165) is 0 Å². The maximum Gasteiger partial charge on any atom is 0.573 e. The van der Waals surface area contributed by atoms with Crippen molar-refractivity contribution in [3.05, 3.63) is 36.4 Å². The standard InChI is InChI=1S/C11H7F3O2/c12-11(13,14)16-10-6-2-3-7-8(10)4-1-5-9(7)15/h1-6,15H. The number of ether oxygens (including phenoxy) is 1. The van der Waals surface area contributed by atoms with E-state index < -0.39 is 6.36 Å². The van der Waals surface area contributed by atoms with Crippen LogP contribution in [-0.2, 0) is 0 Å². The molecule has 0 atom stereocenters. The molecule has 2 nitrogen and oxygen atoms in total. The molecule has 84 valence electrons. The van der Waals surface area contributed by atoms with Crippen molar-refractivity contribution in [3.8, 4) is 11.5 Å². The number of fused-ring (bicyclic) bond motifs is 1. The van der Waals surface area contributed by atoms with E-state index >= 15 is 0 Å². The Morgan fingerprint density at radius 2 is 1.56 bits per heavy atom. The van der Waals surface area contributed by atoms with Crippen LogP contribution in [0.15, 0.2) is 36.4 Å². The zero-order chi connectivity index (χ0) is 11.8. The molecule has 0 saturated heterocycles. The predicted molar refractivity (Wildman–Crippen MR) is 52.3 cm³/mol. The zero-order valence-electron chi connectivity index (χ0n) is 7.95. The van der Waals surface area contributed by atoms with Crippen LogP contribution in [0.25, 0.3) is 10.8 Å². The first-order chi connectivity index (χ1) is 7.47. The minimum absolute atomic E-state index is 0.0786. The van der Waals surface area contributed by atoms with Gasteiger partial charge >= 0.3 is 6.36 Å². The Balaban J connectivity index is 2.58. The molecule has 0 bridgehead atoms. The lowest BCUT2D eigenvalue weighted by Gasteiger charge is -2.11. The fraction of sp³-hybridized carbons (Fsp3) is 0.0909. The highest BCUT2D eigenvalue weighted by Crippen LogP contribution is 2.34. The van der Waals surface area contributed by atoms with E-state index in [-0.39, 0.29) is 16.9 Å². The van der Waals surface area contributed by atoms with Gasteiger partial charge in [0, 0.05) is 10.8 Å². The molecule has 0 aromatic heterocycles. The molecular formula is C11H7F3O2. The van der Waals surface area contributed by atoms with E-state index in [1.54, 1.807) is 0 Å². The summed E-state index contributed by atoms with van der Waals surface area (Å²) in [5, 5.41) is 10.0. The van der Waals surface area contributed by atoms with Crippen LogP contribution in [0, 0.1) is 0 Å². The number of phenols is 1. The fourth-order valence-corrected chi connectivity index (χ4v) is 1.48. The third kappa shape index (κ3) is 2.03. The number of halogens is 3. The maximum absolute atomic E-state index is 12.1. The first-order valence-corrected chi connectivity index (χ1v) is 4.44. The molecule has 5 heteroatoms. The Morgan fingerprint density at radius 1 is 0.938 bits per heavy atom. The maximum atomic E-state index is 12.1. The third-order valence-corrected chi connectivity index (χ3v) is 2.08. The number of benzene rings is 2. The summed E-state index contributed by atoms with van der Waals surface area (Å²) in [4.78, 5) is 0. The number of aromatic hydroxyl groups is 1. The molecule has 0 amide bonds. The lowest BCUT2D eigenvalue weighted by molar-refractivity contribution is -0.274. The molecule has 0 spiro atoms. The van der Waals surface area contributed by atoms with Crippen LogP contribution in [0.1, 0.15) is 0 Å². The molecule has 2 rings (SSSR count). The van der Waals surface area contributed by atoms with Crippen molar-refractivity contribution in [1.29, 1.82) is 0 Å².